The minimum absolute atomic E-state index is 0.248. The third-order valence-electron chi connectivity index (χ3n) is 4.14. The van der Waals surface area contributed by atoms with Gasteiger partial charge in [-0.25, -0.2) is 4.39 Å². The first-order valence-electron chi connectivity index (χ1n) is 8.77. The Morgan fingerprint density at radius 1 is 1.22 bits per heavy atom. The number of carbonyl (C=O) groups excluding carboxylic acids is 1. The number of aromatic nitrogens is 2. The molecule has 0 spiro atoms. The van der Waals surface area contributed by atoms with Crippen LogP contribution in [0.4, 0.5) is 10.1 Å². The van der Waals surface area contributed by atoms with Gasteiger partial charge in [-0.2, -0.15) is 5.10 Å². The SMILES string of the molecule is COc1ccccc1-c1n[nH]c(CC(C)C)c1NC(=O)c1cccc(F)c1. The highest BCUT2D eigenvalue weighted by molar-refractivity contribution is 6.06. The molecule has 0 unspecified atom stereocenters. The van der Waals surface area contributed by atoms with Crippen molar-refractivity contribution in [2.45, 2.75) is 20.3 Å². The normalized spacial score (nSPS) is 10.9. The summed E-state index contributed by atoms with van der Waals surface area (Å²) in [7, 11) is 1.59. The zero-order valence-corrected chi connectivity index (χ0v) is 15.5. The van der Waals surface area contributed by atoms with Gasteiger partial charge in [-0.3, -0.25) is 9.89 Å². The van der Waals surface area contributed by atoms with Crippen molar-refractivity contribution in [2.75, 3.05) is 12.4 Å². The number of ether oxygens (including phenoxy) is 1. The van der Waals surface area contributed by atoms with Crippen molar-refractivity contribution in [1.29, 1.82) is 0 Å². The maximum Gasteiger partial charge on any atom is 0.255 e. The van der Waals surface area contributed by atoms with Gasteiger partial charge in [0, 0.05) is 11.1 Å². The molecule has 140 valence electrons. The van der Waals surface area contributed by atoms with Crippen molar-refractivity contribution >= 4 is 11.6 Å². The number of aromatic amines is 1. The van der Waals surface area contributed by atoms with Crippen LogP contribution in [0.15, 0.2) is 48.5 Å². The van der Waals surface area contributed by atoms with Gasteiger partial charge in [0.15, 0.2) is 0 Å². The number of anilines is 1. The van der Waals surface area contributed by atoms with Gasteiger partial charge in [-0.05, 0) is 42.7 Å². The predicted molar refractivity (Wildman–Crippen MR) is 103 cm³/mol. The fourth-order valence-corrected chi connectivity index (χ4v) is 2.92. The zero-order valence-electron chi connectivity index (χ0n) is 15.5. The molecule has 0 fully saturated rings. The van der Waals surface area contributed by atoms with Crippen LogP contribution in [-0.4, -0.2) is 23.2 Å². The Balaban J connectivity index is 2.03. The number of methoxy groups -OCH3 is 1. The molecule has 0 atom stereocenters. The lowest BCUT2D eigenvalue weighted by Crippen LogP contribution is -2.14. The number of nitrogens with one attached hydrogen (secondary N) is 2. The Kier molecular flexibility index (Phi) is 5.54. The van der Waals surface area contributed by atoms with Crippen molar-refractivity contribution in [2.24, 2.45) is 5.92 Å². The van der Waals surface area contributed by atoms with Gasteiger partial charge in [0.05, 0.1) is 18.5 Å². The van der Waals surface area contributed by atoms with Crippen LogP contribution in [0, 0.1) is 11.7 Å². The maximum absolute atomic E-state index is 13.5. The van der Waals surface area contributed by atoms with E-state index in [2.05, 4.69) is 29.4 Å². The molecule has 5 nitrogen and oxygen atoms in total. The second kappa shape index (κ2) is 8.03. The number of H-pyrrole nitrogens is 1. The van der Waals surface area contributed by atoms with Crippen molar-refractivity contribution in [1.82, 2.24) is 10.2 Å². The molecule has 0 aliphatic heterocycles. The molecule has 2 aromatic carbocycles. The molecule has 1 heterocycles. The van der Waals surface area contributed by atoms with Crippen molar-refractivity contribution in [3.8, 4) is 17.0 Å². The van der Waals surface area contributed by atoms with Crippen LogP contribution in [0.5, 0.6) is 5.75 Å². The predicted octanol–water partition coefficient (Wildman–Crippen LogP) is 4.68. The van der Waals surface area contributed by atoms with Gasteiger partial charge in [-0.15, -0.1) is 0 Å². The first-order chi connectivity index (χ1) is 13.0. The number of halogens is 1. The molecule has 0 saturated carbocycles. The number of hydrogen-bond acceptors (Lipinski definition) is 3. The number of para-hydroxylation sites is 1. The Labute approximate surface area is 157 Å². The van der Waals surface area contributed by atoms with E-state index in [4.69, 9.17) is 4.74 Å². The van der Waals surface area contributed by atoms with Crippen LogP contribution in [0.25, 0.3) is 11.3 Å². The summed E-state index contributed by atoms with van der Waals surface area (Å²) in [6.45, 7) is 4.17. The summed E-state index contributed by atoms with van der Waals surface area (Å²) >= 11 is 0. The Morgan fingerprint density at radius 2 is 2.00 bits per heavy atom. The van der Waals surface area contributed by atoms with Crippen LogP contribution in [0.3, 0.4) is 0 Å². The number of nitrogens with zero attached hydrogens (tertiary/aromatic N) is 1. The van der Waals surface area contributed by atoms with E-state index >= 15 is 0 Å². The first-order valence-corrected chi connectivity index (χ1v) is 8.77. The molecule has 1 aromatic heterocycles. The summed E-state index contributed by atoms with van der Waals surface area (Å²) in [5.74, 6) is 0.168. The molecular weight excluding hydrogens is 345 g/mol. The number of carbonyl (C=O) groups is 1. The quantitative estimate of drug-likeness (QED) is 0.665. The summed E-state index contributed by atoms with van der Waals surface area (Å²) < 4.78 is 18.9. The van der Waals surface area contributed by atoms with Crippen LogP contribution in [0.2, 0.25) is 0 Å². The molecule has 6 heteroatoms. The molecule has 0 bridgehead atoms. The fourth-order valence-electron chi connectivity index (χ4n) is 2.92. The van der Waals surface area contributed by atoms with Crippen LogP contribution < -0.4 is 10.1 Å². The summed E-state index contributed by atoms with van der Waals surface area (Å²) in [5, 5.41) is 10.4. The smallest absolute Gasteiger partial charge is 0.255 e. The lowest BCUT2D eigenvalue weighted by Gasteiger charge is -2.12. The van der Waals surface area contributed by atoms with E-state index in [0.717, 1.165) is 11.3 Å². The molecule has 0 aliphatic carbocycles. The van der Waals surface area contributed by atoms with E-state index in [0.29, 0.717) is 29.5 Å². The van der Waals surface area contributed by atoms with Crippen molar-refractivity contribution in [3.63, 3.8) is 0 Å². The largest absolute Gasteiger partial charge is 0.496 e. The lowest BCUT2D eigenvalue weighted by molar-refractivity contribution is 0.102. The molecule has 0 radical (unpaired) electrons. The maximum atomic E-state index is 13.5. The van der Waals surface area contributed by atoms with Crippen LogP contribution in [-0.2, 0) is 6.42 Å². The monoisotopic (exact) mass is 367 g/mol. The molecule has 27 heavy (non-hydrogen) atoms. The average Bonchev–Trinajstić information content (AvgIpc) is 3.03. The third kappa shape index (κ3) is 4.16. The average molecular weight is 367 g/mol. The van der Waals surface area contributed by atoms with E-state index in [9.17, 15) is 9.18 Å². The van der Waals surface area contributed by atoms with E-state index < -0.39 is 11.7 Å². The van der Waals surface area contributed by atoms with Gasteiger partial charge in [0.25, 0.3) is 5.91 Å². The van der Waals surface area contributed by atoms with E-state index in [-0.39, 0.29) is 5.56 Å². The van der Waals surface area contributed by atoms with E-state index in [1.54, 1.807) is 13.2 Å². The second-order valence-corrected chi connectivity index (χ2v) is 6.69. The molecule has 3 rings (SSSR count). The molecule has 2 N–H and O–H groups in total. The Hall–Kier alpha value is -3.15. The van der Waals surface area contributed by atoms with Gasteiger partial charge >= 0.3 is 0 Å². The standard InChI is InChI=1S/C21H22FN3O2/c1-13(2)11-17-20(23-21(26)14-7-6-8-15(22)12-14)19(25-24-17)16-9-4-5-10-18(16)27-3/h4-10,12-13H,11H2,1-3H3,(H,23,26)(H,24,25). The number of benzene rings is 2. The minimum Gasteiger partial charge on any atom is -0.496 e. The zero-order chi connectivity index (χ0) is 19.4. The van der Waals surface area contributed by atoms with E-state index in [1.807, 2.05) is 24.3 Å². The first kappa shape index (κ1) is 18.6. The second-order valence-electron chi connectivity index (χ2n) is 6.69. The van der Waals surface area contributed by atoms with Crippen molar-refractivity contribution in [3.05, 3.63) is 65.6 Å². The van der Waals surface area contributed by atoms with Gasteiger partial charge in [0.1, 0.15) is 17.3 Å². The fraction of sp³-hybridized carbons (Fsp3) is 0.238. The topological polar surface area (TPSA) is 67.0 Å². The lowest BCUT2D eigenvalue weighted by atomic mass is 10.0. The third-order valence-corrected chi connectivity index (χ3v) is 4.14. The molecule has 1 amide bonds. The highest BCUT2D eigenvalue weighted by Gasteiger charge is 2.21. The van der Waals surface area contributed by atoms with Gasteiger partial charge in [0.2, 0.25) is 0 Å². The Morgan fingerprint density at radius 3 is 2.70 bits per heavy atom. The number of amides is 1. The Bertz CT molecular complexity index is 950. The molecule has 3 aromatic rings. The molecule has 0 saturated heterocycles. The number of rotatable bonds is 6. The van der Waals surface area contributed by atoms with E-state index in [1.165, 1.54) is 18.2 Å². The van der Waals surface area contributed by atoms with Gasteiger partial charge < -0.3 is 10.1 Å². The highest BCUT2D eigenvalue weighted by atomic mass is 19.1. The molecule has 0 aliphatic rings. The van der Waals surface area contributed by atoms with Gasteiger partial charge in [-0.1, -0.05) is 32.0 Å². The number of hydrogen-bond donors (Lipinski definition) is 2. The molecular formula is C21H22FN3O2. The minimum atomic E-state index is -0.456. The van der Waals surface area contributed by atoms with Crippen molar-refractivity contribution < 1.29 is 13.9 Å². The summed E-state index contributed by atoms with van der Waals surface area (Å²) in [6.07, 6.45) is 0.709. The van der Waals surface area contributed by atoms with Crippen LogP contribution >= 0.6 is 0 Å². The summed E-state index contributed by atoms with van der Waals surface area (Å²) in [5.41, 5.74) is 3.00. The van der Waals surface area contributed by atoms with Crippen LogP contribution in [0.1, 0.15) is 29.9 Å². The summed E-state index contributed by atoms with van der Waals surface area (Å²) in [6, 6.07) is 13.1. The highest BCUT2D eigenvalue weighted by Crippen LogP contribution is 2.36. The summed E-state index contributed by atoms with van der Waals surface area (Å²) in [4.78, 5) is 12.7.